The number of ether oxygens (including phenoxy) is 2. The number of β-lactam (4-membered cyclic amide) rings is 1. The lowest BCUT2D eigenvalue weighted by molar-refractivity contribution is -0.198. The monoisotopic (exact) mass is 426 g/mol. The van der Waals surface area contributed by atoms with Crippen LogP contribution in [0, 0.1) is 5.92 Å². The van der Waals surface area contributed by atoms with Crippen molar-refractivity contribution in [1.82, 2.24) is 15.3 Å². The van der Waals surface area contributed by atoms with Crippen LogP contribution in [0.5, 0.6) is 0 Å². The van der Waals surface area contributed by atoms with E-state index in [1.54, 1.807) is 48.8 Å². The predicted octanol–water partition coefficient (Wildman–Crippen LogP) is 0.710. The number of alkyl carbamates (subject to hydrolysis) is 1. The standard InChI is InChI=1S/C21H22N4O6/c1-13(26)31-20-17(19(28)25(20)22)18(27)16(10-15-8-5-9-23-11-15)24-21(29)30-12-14-6-3-2-4-7-14/h2-9,11,16-17,20H,10,12,22H2,1H3,(H,24,29)/t16-,17-,20-/m0/s1. The maximum absolute atomic E-state index is 13.1. The Balaban J connectivity index is 1.72. The fourth-order valence-corrected chi connectivity index (χ4v) is 3.14. The SMILES string of the molecule is CC(=O)O[C@H]1[C@@H](C(=O)[C@H](Cc2cccnc2)NC(=O)OCc2ccccc2)C(=O)N1N. The van der Waals surface area contributed by atoms with Crippen LogP contribution >= 0.6 is 0 Å². The zero-order chi connectivity index (χ0) is 22.4. The second-order valence-electron chi connectivity index (χ2n) is 6.95. The summed E-state index contributed by atoms with van der Waals surface area (Å²) in [5.41, 5.74) is 1.43. The van der Waals surface area contributed by atoms with Crippen LogP contribution in [-0.4, -0.2) is 46.0 Å². The number of nitrogens with two attached hydrogens (primary N) is 1. The minimum atomic E-state index is -1.31. The highest BCUT2D eigenvalue weighted by Gasteiger charge is 2.54. The van der Waals surface area contributed by atoms with Crippen molar-refractivity contribution in [3.05, 3.63) is 66.0 Å². The number of rotatable bonds is 8. The van der Waals surface area contributed by atoms with Crippen molar-refractivity contribution in [2.75, 3.05) is 0 Å². The Bertz CT molecular complexity index is 953. The molecule has 10 heteroatoms. The van der Waals surface area contributed by atoms with Crippen molar-refractivity contribution >= 4 is 23.8 Å². The number of hydrogen-bond acceptors (Lipinski definition) is 8. The van der Waals surface area contributed by atoms with E-state index in [0.29, 0.717) is 10.6 Å². The van der Waals surface area contributed by atoms with Gasteiger partial charge in [-0.25, -0.2) is 15.6 Å². The number of ketones is 1. The van der Waals surface area contributed by atoms with E-state index in [0.717, 1.165) is 12.5 Å². The van der Waals surface area contributed by atoms with Gasteiger partial charge in [0.25, 0.3) is 5.91 Å². The maximum Gasteiger partial charge on any atom is 0.408 e. The summed E-state index contributed by atoms with van der Waals surface area (Å²) < 4.78 is 10.2. The molecule has 3 N–H and O–H groups in total. The summed E-state index contributed by atoms with van der Waals surface area (Å²) in [4.78, 5) is 52.9. The minimum Gasteiger partial charge on any atom is -0.445 e. The average molecular weight is 426 g/mol. The lowest BCUT2D eigenvalue weighted by atomic mass is 9.86. The Morgan fingerprint density at radius 3 is 2.52 bits per heavy atom. The van der Waals surface area contributed by atoms with Gasteiger partial charge in [-0.15, -0.1) is 0 Å². The molecule has 2 aromatic rings. The highest BCUT2D eigenvalue weighted by atomic mass is 16.6. The summed E-state index contributed by atoms with van der Waals surface area (Å²) in [7, 11) is 0. The third-order valence-corrected chi connectivity index (χ3v) is 4.68. The van der Waals surface area contributed by atoms with Gasteiger partial charge in [-0.05, 0) is 17.2 Å². The van der Waals surface area contributed by atoms with Crippen LogP contribution < -0.4 is 11.2 Å². The molecule has 3 rings (SSSR count). The summed E-state index contributed by atoms with van der Waals surface area (Å²) in [6.45, 7) is 1.15. The second kappa shape index (κ2) is 9.81. The molecule has 1 aromatic carbocycles. The van der Waals surface area contributed by atoms with Crippen LogP contribution in [0.25, 0.3) is 0 Å². The van der Waals surface area contributed by atoms with Gasteiger partial charge in [0, 0.05) is 25.7 Å². The molecule has 0 aliphatic carbocycles. The predicted molar refractivity (Wildman–Crippen MR) is 107 cm³/mol. The Hall–Kier alpha value is -3.79. The van der Waals surface area contributed by atoms with Crippen molar-refractivity contribution in [3.8, 4) is 0 Å². The highest BCUT2D eigenvalue weighted by Crippen LogP contribution is 2.27. The molecule has 0 radical (unpaired) electrons. The fourth-order valence-electron chi connectivity index (χ4n) is 3.14. The summed E-state index contributed by atoms with van der Waals surface area (Å²) >= 11 is 0. The smallest absolute Gasteiger partial charge is 0.408 e. The Labute approximate surface area is 178 Å². The van der Waals surface area contributed by atoms with E-state index < -0.39 is 41.9 Å². The van der Waals surface area contributed by atoms with Gasteiger partial charge in [-0.1, -0.05) is 36.4 Å². The molecule has 1 aliphatic heterocycles. The summed E-state index contributed by atoms with van der Waals surface area (Å²) in [6.07, 6.45) is 1.12. The molecule has 0 saturated carbocycles. The number of hydrogen-bond donors (Lipinski definition) is 2. The number of nitrogens with one attached hydrogen (secondary N) is 1. The largest absolute Gasteiger partial charge is 0.445 e. The second-order valence-corrected chi connectivity index (χ2v) is 6.95. The van der Waals surface area contributed by atoms with E-state index in [1.807, 2.05) is 6.07 Å². The van der Waals surface area contributed by atoms with Gasteiger partial charge in [-0.2, -0.15) is 0 Å². The molecule has 1 fully saturated rings. The van der Waals surface area contributed by atoms with Crippen LogP contribution in [0.15, 0.2) is 54.9 Å². The molecule has 1 aliphatic rings. The van der Waals surface area contributed by atoms with Crippen LogP contribution in [0.1, 0.15) is 18.1 Å². The molecule has 3 atom stereocenters. The normalized spacial score (nSPS) is 18.5. The minimum absolute atomic E-state index is 0.00941. The van der Waals surface area contributed by atoms with Crippen LogP contribution in [-0.2, 0) is 36.9 Å². The Morgan fingerprint density at radius 2 is 1.87 bits per heavy atom. The number of aromatic nitrogens is 1. The fraction of sp³-hybridized carbons (Fsp3) is 0.286. The number of amides is 2. The van der Waals surface area contributed by atoms with Gasteiger partial charge in [0.05, 0.1) is 6.04 Å². The molecule has 2 amide bonds. The van der Waals surface area contributed by atoms with E-state index in [4.69, 9.17) is 15.3 Å². The Morgan fingerprint density at radius 1 is 1.16 bits per heavy atom. The first-order valence-corrected chi connectivity index (χ1v) is 9.51. The number of pyridine rings is 1. The number of Topliss-reactive ketones (excluding diaryl/α,β-unsaturated/α-hetero) is 1. The lowest BCUT2D eigenvalue weighted by Crippen LogP contribution is -2.70. The highest BCUT2D eigenvalue weighted by molar-refractivity contribution is 6.08. The van der Waals surface area contributed by atoms with Gasteiger partial charge in [-0.3, -0.25) is 19.4 Å². The van der Waals surface area contributed by atoms with Crippen molar-refractivity contribution < 1.29 is 28.7 Å². The van der Waals surface area contributed by atoms with Crippen molar-refractivity contribution in [1.29, 1.82) is 0 Å². The molecular formula is C21H22N4O6. The van der Waals surface area contributed by atoms with E-state index >= 15 is 0 Å². The first-order valence-electron chi connectivity index (χ1n) is 9.51. The van der Waals surface area contributed by atoms with Crippen molar-refractivity contribution in [2.45, 2.75) is 32.2 Å². The van der Waals surface area contributed by atoms with Crippen molar-refractivity contribution in [2.24, 2.45) is 11.8 Å². The van der Waals surface area contributed by atoms with E-state index in [1.165, 1.54) is 0 Å². The van der Waals surface area contributed by atoms with Gasteiger partial charge in [0.2, 0.25) is 6.23 Å². The van der Waals surface area contributed by atoms with Gasteiger partial charge in [0.15, 0.2) is 11.7 Å². The molecule has 1 saturated heterocycles. The zero-order valence-corrected chi connectivity index (χ0v) is 16.8. The van der Waals surface area contributed by atoms with E-state index in [9.17, 15) is 19.2 Å². The molecule has 1 aromatic heterocycles. The first kappa shape index (κ1) is 21.9. The summed E-state index contributed by atoms with van der Waals surface area (Å²) in [5.74, 6) is 2.19. The van der Waals surface area contributed by atoms with Crippen molar-refractivity contribution in [3.63, 3.8) is 0 Å². The number of benzene rings is 1. The zero-order valence-electron chi connectivity index (χ0n) is 16.8. The Kier molecular flexibility index (Phi) is 6.93. The van der Waals surface area contributed by atoms with Gasteiger partial charge < -0.3 is 14.8 Å². The van der Waals surface area contributed by atoms with Gasteiger partial charge in [0.1, 0.15) is 6.61 Å². The van der Waals surface area contributed by atoms with E-state index in [2.05, 4.69) is 10.3 Å². The number of esters is 1. The molecule has 162 valence electrons. The molecule has 10 nitrogen and oxygen atoms in total. The number of nitrogens with zero attached hydrogens (tertiary/aromatic N) is 2. The quantitative estimate of drug-likeness (QED) is 0.207. The molecule has 0 unspecified atom stereocenters. The molecule has 2 heterocycles. The number of carbonyl (C=O) groups is 4. The first-order chi connectivity index (χ1) is 14.9. The van der Waals surface area contributed by atoms with Crippen LogP contribution in [0.4, 0.5) is 4.79 Å². The van der Waals surface area contributed by atoms with Crippen LogP contribution in [0.2, 0.25) is 0 Å². The number of carbonyl (C=O) groups excluding carboxylic acids is 4. The third kappa shape index (κ3) is 5.43. The number of hydrazine groups is 1. The maximum atomic E-state index is 13.1. The average Bonchev–Trinajstić information content (AvgIpc) is 2.77. The molecular weight excluding hydrogens is 404 g/mol. The van der Waals surface area contributed by atoms with Gasteiger partial charge >= 0.3 is 12.1 Å². The van der Waals surface area contributed by atoms with E-state index in [-0.39, 0.29) is 13.0 Å². The summed E-state index contributed by atoms with van der Waals surface area (Å²) in [5, 5.41) is 3.18. The molecule has 0 bridgehead atoms. The summed E-state index contributed by atoms with van der Waals surface area (Å²) in [6, 6.07) is 11.3. The topological polar surface area (TPSA) is 141 Å². The molecule has 31 heavy (non-hydrogen) atoms. The third-order valence-electron chi connectivity index (χ3n) is 4.68. The lowest BCUT2D eigenvalue weighted by Gasteiger charge is -2.42. The molecule has 0 spiro atoms. The van der Waals surface area contributed by atoms with Crippen LogP contribution in [0.3, 0.4) is 0 Å².